The monoisotopic (exact) mass is 316 g/mol. The van der Waals surface area contributed by atoms with Crippen LogP contribution in [0.1, 0.15) is 39.0 Å². The van der Waals surface area contributed by atoms with Crippen LogP contribution in [0.3, 0.4) is 0 Å². The van der Waals surface area contributed by atoms with Crippen molar-refractivity contribution in [3.63, 3.8) is 0 Å². The van der Waals surface area contributed by atoms with Gasteiger partial charge in [0.2, 0.25) is 0 Å². The van der Waals surface area contributed by atoms with Crippen molar-refractivity contribution in [2.45, 2.75) is 45.1 Å². The van der Waals surface area contributed by atoms with Crippen LogP contribution in [-0.4, -0.2) is 65.1 Å². The molecule has 2 atom stereocenters. The maximum Gasteiger partial charge on any atom is 0.320 e. The molecule has 122 valence electrons. The van der Waals surface area contributed by atoms with Gasteiger partial charge >= 0.3 is 12.0 Å². The fourth-order valence-electron chi connectivity index (χ4n) is 2.88. The number of carbonyl (C=O) groups excluding carboxylic acids is 1. The van der Waals surface area contributed by atoms with Crippen molar-refractivity contribution in [1.29, 1.82) is 0 Å². The van der Waals surface area contributed by atoms with Gasteiger partial charge in [0.15, 0.2) is 0 Å². The van der Waals surface area contributed by atoms with Crippen LogP contribution < -0.4 is 0 Å². The summed E-state index contributed by atoms with van der Waals surface area (Å²) >= 11 is 1.76. The molecule has 1 saturated heterocycles. The van der Waals surface area contributed by atoms with E-state index in [1.54, 1.807) is 11.8 Å². The summed E-state index contributed by atoms with van der Waals surface area (Å²) < 4.78 is 0. The zero-order valence-electron chi connectivity index (χ0n) is 13.4. The van der Waals surface area contributed by atoms with E-state index in [2.05, 4.69) is 13.2 Å². The number of thioether (sulfide) groups is 1. The Hall–Kier alpha value is -0.910. The Balaban J connectivity index is 2.54. The van der Waals surface area contributed by atoms with E-state index in [-0.39, 0.29) is 18.5 Å². The quantitative estimate of drug-likeness (QED) is 0.784. The molecule has 1 heterocycles. The van der Waals surface area contributed by atoms with Crippen molar-refractivity contribution in [3.05, 3.63) is 0 Å². The van der Waals surface area contributed by atoms with Crippen LogP contribution in [0.2, 0.25) is 0 Å². The van der Waals surface area contributed by atoms with E-state index < -0.39 is 5.97 Å². The van der Waals surface area contributed by atoms with Crippen LogP contribution in [0.4, 0.5) is 4.79 Å². The number of urea groups is 1. The molecular formula is C15H28N2O3S. The summed E-state index contributed by atoms with van der Waals surface area (Å²) in [6.07, 6.45) is 5.90. The van der Waals surface area contributed by atoms with Gasteiger partial charge in [-0.05, 0) is 37.9 Å². The minimum absolute atomic E-state index is 0.0934. The summed E-state index contributed by atoms with van der Waals surface area (Å²) in [6, 6.07) is 0.364. The topological polar surface area (TPSA) is 60.9 Å². The molecule has 5 nitrogen and oxygen atoms in total. The number of hydrogen-bond donors (Lipinski definition) is 1. The van der Waals surface area contributed by atoms with E-state index in [9.17, 15) is 9.59 Å². The van der Waals surface area contributed by atoms with Gasteiger partial charge in [0.25, 0.3) is 0 Å². The van der Waals surface area contributed by atoms with Crippen LogP contribution in [0.25, 0.3) is 0 Å². The Kier molecular flexibility index (Phi) is 7.93. The number of rotatable bonds is 7. The molecule has 0 aromatic heterocycles. The SMILES string of the molecule is CCC(CSC)N(C)C(=O)N1CCCC(CCC(=O)O)C1. The molecule has 1 N–H and O–H groups in total. The molecule has 1 fully saturated rings. The van der Waals surface area contributed by atoms with Gasteiger partial charge in [0, 0.05) is 38.4 Å². The van der Waals surface area contributed by atoms with E-state index in [1.165, 1.54) is 0 Å². The van der Waals surface area contributed by atoms with E-state index >= 15 is 0 Å². The van der Waals surface area contributed by atoms with Crippen molar-refractivity contribution < 1.29 is 14.7 Å². The molecule has 2 unspecified atom stereocenters. The smallest absolute Gasteiger partial charge is 0.320 e. The second-order valence-corrected chi connectivity index (χ2v) is 6.71. The molecular weight excluding hydrogens is 288 g/mol. The molecule has 0 aromatic rings. The second-order valence-electron chi connectivity index (χ2n) is 5.80. The third-order valence-corrected chi connectivity index (χ3v) is 4.95. The summed E-state index contributed by atoms with van der Waals surface area (Å²) in [5, 5.41) is 8.78. The Morgan fingerprint density at radius 2 is 2.19 bits per heavy atom. The minimum atomic E-state index is -0.749. The van der Waals surface area contributed by atoms with E-state index in [1.807, 2.05) is 16.8 Å². The molecule has 0 aromatic carbocycles. The molecule has 0 bridgehead atoms. The van der Waals surface area contributed by atoms with Gasteiger partial charge in [-0.25, -0.2) is 4.79 Å². The van der Waals surface area contributed by atoms with E-state index in [0.29, 0.717) is 18.9 Å². The normalized spacial score (nSPS) is 20.1. The molecule has 1 aliphatic heterocycles. The van der Waals surface area contributed by atoms with Gasteiger partial charge in [0.05, 0.1) is 0 Å². The third kappa shape index (κ3) is 5.77. The lowest BCUT2D eigenvalue weighted by Gasteiger charge is -2.37. The van der Waals surface area contributed by atoms with Crippen molar-refractivity contribution in [2.75, 3.05) is 32.1 Å². The second kappa shape index (κ2) is 9.18. The number of piperidine rings is 1. The van der Waals surface area contributed by atoms with Crippen LogP contribution in [-0.2, 0) is 4.79 Å². The fourth-order valence-corrected chi connectivity index (χ4v) is 3.72. The number of likely N-dealkylation sites (tertiary alicyclic amines) is 1. The first-order valence-electron chi connectivity index (χ1n) is 7.72. The number of carbonyl (C=O) groups is 2. The van der Waals surface area contributed by atoms with Crippen LogP contribution in [0.15, 0.2) is 0 Å². The Morgan fingerprint density at radius 1 is 1.48 bits per heavy atom. The maximum absolute atomic E-state index is 12.6. The molecule has 1 rings (SSSR count). The lowest BCUT2D eigenvalue weighted by molar-refractivity contribution is -0.137. The van der Waals surface area contributed by atoms with Gasteiger partial charge in [-0.3, -0.25) is 4.79 Å². The Morgan fingerprint density at radius 3 is 2.76 bits per heavy atom. The highest BCUT2D eigenvalue weighted by Gasteiger charge is 2.28. The van der Waals surface area contributed by atoms with Crippen LogP contribution in [0.5, 0.6) is 0 Å². The number of amides is 2. The molecule has 1 aliphatic rings. The molecule has 0 radical (unpaired) electrons. The summed E-state index contributed by atoms with van der Waals surface area (Å²) in [4.78, 5) is 27.0. The highest BCUT2D eigenvalue weighted by molar-refractivity contribution is 7.98. The molecule has 0 spiro atoms. The van der Waals surface area contributed by atoms with Crippen molar-refractivity contribution in [1.82, 2.24) is 9.80 Å². The lowest BCUT2D eigenvalue weighted by atomic mass is 9.93. The highest BCUT2D eigenvalue weighted by Crippen LogP contribution is 2.22. The zero-order chi connectivity index (χ0) is 15.8. The van der Waals surface area contributed by atoms with Gasteiger partial charge < -0.3 is 14.9 Å². The number of hydrogen-bond acceptors (Lipinski definition) is 3. The van der Waals surface area contributed by atoms with Crippen molar-refractivity contribution in [2.24, 2.45) is 5.92 Å². The predicted molar refractivity (Wildman–Crippen MR) is 86.8 cm³/mol. The average molecular weight is 316 g/mol. The lowest BCUT2D eigenvalue weighted by Crippen LogP contribution is -2.50. The summed E-state index contributed by atoms with van der Waals surface area (Å²) in [5.41, 5.74) is 0. The first-order valence-corrected chi connectivity index (χ1v) is 9.11. The predicted octanol–water partition coefficient (Wildman–Crippen LogP) is 2.76. The number of carboxylic acid groups (broad SMARTS) is 1. The first-order chi connectivity index (χ1) is 9.99. The fraction of sp³-hybridized carbons (Fsp3) is 0.867. The number of aliphatic carboxylic acids is 1. The Labute approximate surface area is 132 Å². The van der Waals surface area contributed by atoms with Crippen molar-refractivity contribution >= 4 is 23.8 Å². The molecule has 0 saturated carbocycles. The summed E-state index contributed by atoms with van der Waals surface area (Å²) in [6.45, 7) is 3.60. The molecule has 21 heavy (non-hydrogen) atoms. The van der Waals surface area contributed by atoms with E-state index in [0.717, 1.165) is 31.6 Å². The van der Waals surface area contributed by atoms with Crippen molar-refractivity contribution in [3.8, 4) is 0 Å². The summed E-state index contributed by atoms with van der Waals surface area (Å²) in [5.74, 6) is 0.532. The standard InChI is InChI=1S/C15H28N2O3S/c1-4-13(11-21-3)16(2)15(20)17-9-5-6-12(10-17)7-8-14(18)19/h12-13H,4-11H2,1-3H3,(H,18,19). The number of nitrogens with zero attached hydrogens (tertiary/aromatic N) is 2. The zero-order valence-corrected chi connectivity index (χ0v) is 14.2. The van der Waals surface area contributed by atoms with Gasteiger partial charge in [-0.15, -0.1) is 0 Å². The van der Waals surface area contributed by atoms with E-state index in [4.69, 9.17) is 5.11 Å². The van der Waals surface area contributed by atoms with Gasteiger partial charge in [-0.2, -0.15) is 11.8 Å². The van der Waals surface area contributed by atoms with Crippen LogP contribution >= 0.6 is 11.8 Å². The average Bonchev–Trinajstić information content (AvgIpc) is 2.49. The largest absolute Gasteiger partial charge is 0.481 e. The highest BCUT2D eigenvalue weighted by atomic mass is 32.2. The third-order valence-electron chi connectivity index (χ3n) is 4.24. The van der Waals surface area contributed by atoms with Gasteiger partial charge in [0.1, 0.15) is 0 Å². The maximum atomic E-state index is 12.6. The first kappa shape index (κ1) is 18.1. The summed E-state index contributed by atoms with van der Waals surface area (Å²) in [7, 11) is 1.88. The van der Waals surface area contributed by atoms with Crippen LogP contribution in [0, 0.1) is 5.92 Å². The molecule has 2 amide bonds. The molecule has 6 heteroatoms. The Bertz CT molecular complexity index is 352. The van der Waals surface area contributed by atoms with Gasteiger partial charge in [-0.1, -0.05) is 6.92 Å². The molecule has 0 aliphatic carbocycles. The number of carboxylic acids is 1. The minimum Gasteiger partial charge on any atom is -0.481 e.